The number of nitrogens with zero attached hydrogens (tertiary/aromatic N) is 1. The number of nitrogens with one attached hydrogen (secondary N) is 1. The van der Waals surface area contributed by atoms with Gasteiger partial charge in [0.15, 0.2) is 0 Å². The summed E-state index contributed by atoms with van der Waals surface area (Å²) in [6, 6.07) is 6.90. The molecule has 5 heteroatoms. The molecule has 1 rings (SSSR count). The molecule has 80 valence electrons. The Morgan fingerprint density at radius 2 is 2.20 bits per heavy atom. The van der Waals surface area contributed by atoms with Crippen molar-refractivity contribution in [1.82, 2.24) is 0 Å². The van der Waals surface area contributed by atoms with Gasteiger partial charge in [-0.25, -0.2) is 0 Å². The van der Waals surface area contributed by atoms with Gasteiger partial charge < -0.3 is 10.4 Å². The van der Waals surface area contributed by atoms with Crippen LogP contribution in [0.25, 0.3) is 0 Å². The van der Waals surface area contributed by atoms with Crippen molar-refractivity contribution >= 4 is 28.9 Å². The predicted molar refractivity (Wildman–Crippen MR) is 61.2 cm³/mol. The van der Waals surface area contributed by atoms with Crippen molar-refractivity contribution in [2.24, 2.45) is 0 Å². The van der Waals surface area contributed by atoms with Crippen LogP contribution >= 0.6 is 23.2 Å². The molecule has 0 aromatic heterocycles. The fourth-order valence-corrected chi connectivity index (χ4v) is 1.39. The molecular formula is C10H10Cl2N2O. The Morgan fingerprint density at radius 1 is 1.47 bits per heavy atom. The van der Waals surface area contributed by atoms with E-state index in [1.165, 1.54) is 0 Å². The lowest BCUT2D eigenvalue weighted by molar-refractivity contribution is 0.193. The first-order valence-corrected chi connectivity index (χ1v) is 5.13. The third-order valence-corrected chi connectivity index (χ3v) is 2.35. The maximum absolute atomic E-state index is 9.31. The number of hydrogen-bond donors (Lipinski definition) is 2. The fraction of sp³-hybridized carbons (Fsp3) is 0.300. The van der Waals surface area contributed by atoms with Gasteiger partial charge in [-0.1, -0.05) is 23.2 Å². The molecule has 0 saturated heterocycles. The zero-order valence-electron chi connectivity index (χ0n) is 7.87. The average molecular weight is 245 g/mol. The second-order valence-corrected chi connectivity index (χ2v) is 3.86. The van der Waals surface area contributed by atoms with Crippen molar-refractivity contribution in [3.63, 3.8) is 0 Å². The molecule has 0 aliphatic carbocycles. The summed E-state index contributed by atoms with van der Waals surface area (Å²) < 4.78 is 0. The summed E-state index contributed by atoms with van der Waals surface area (Å²) in [5.41, 5.74) is 0.654. The molecular weight excluding hydrogens is 235 g/mol. The molecule has 0 bridgehead atoms. The van der Waals surface area contributed by atoms with Crippen LogP contribution in [0.2, 0.25) is 10.0 Å². The summed E-state index contributed by atoms with van der Waals surface area (Å²) >= 11 is 11.7. The van der Waals surface area contributed by atoms with Crippen molar-refractivity contribution in [2.45, 2.75) is 12.5 Å². The molecule has 0 fully saturated rings. The van der Waals surface area contributed by atoms with Gasteiger partial charge >= 0.3 is 0 Å². The maximum atomic E-state index is 9.31. The Labute approximate surface area is 98.2 Å². The molecule has 0 aliphatic rings. The number of aliphatic hydroxyl groups excluding tert-OH is 1. The summed E-state index contributed by atoms with van der Waals surface area (Å²) in [6.07, 6.45) is -0.615. The monoisotopic (exact) mass is 244 g/mol. The molecule has 1 aromatic carbocycles. The molecule has 0 radical (unpaired) electrons. The Morgan fingerprint density at radius 3 is 2.87 bits per heavy atom. The third kappa shape index (κ3) is 3.96. The van der Waals surface area contributed by atoms with Gasteiger partial charge in [0.05, 0.1) is 29.3 Å². The number of rotatable bonds is 4. The molecule has 0 saturated carbocycles. The van der Waals surface area contributed by atoms with Crippen LogP contribution in [0.3, 0.4) is 0 Å². The van der Waals surface area contributed by atoms with Gasteiger partial charge in [0.1, 0.15) is 0 Å². The lowest BCUT2D eigenvalue weighted by Crippen LogP contribution is -2.18. The van der Waals surface area contributed by atoms with Gasteiger partial charge in [-0.15, -0.1) is 0 Å². The minimum Gasteiger partial charge on any atom is -0.390 e. The van der Waals surface area contributed by atoms with E-state index in [9.17, 15) is 5.11 Å². The van der Waals surface area contributed by atoms with E-state index in [1.807, 2.05) is 6.07 Å². The normalized spacial score (nSPS) is 11.9. The first-order chi connectivity index (χ1) is 7.13. The lowest BCUT2D eigenvalue weighted by atomic mass is 10.2. The van der Waals surface area contributed by atoms with E-state index in [2.05, 4.69) is 5.32 Å². The zero-order valence-corrected chi connectivity index (χ0v) is 9.39. The van der Waals surface area contributed by atoms with Crippen LogP contribution in [-0.4, -0.2) is 17.8 Å². The number of nitriles is 1. The molecule has 0 aliphatic heterocycles. The van der Waals surface area contributed by atoms with E-state index in [0.717, 1.165) is 0 Å². The minimum absolute atomic E-state index is 0.0885. The largest absolute Gasteiger partial charge is 0.390 e. The van der Waals surface area contributed by atoms with Gasteiger partial charge in [0.25, 0.3) is 0 Å². The zero-order chi connectivity index (χ0) is 11.3. The number of aliphatic hydroxyl groups is 1. The number of anilines is 1. The molecule has 2 N–H and O–H groups in total. The predicted octanol–water partition coefficient (Wildman–Crippen LogP) is 2.68. The SMILES string of the molecule is N#CCC(O)CNc1cc(Cl)ccc1Cl. The highest BCUT2D eigenvalue weighted by Crippen LogP contribution is 2.25. The van der Waals surface area contributed by atoms with Crippen molar-refractivity contribution in [2.75, 3.05) is 11.9 Å². The maximum Gasteiger partial charge on any atom is 0.0842 e. The van der Waals surface area contributed by atoms with Crippen LogP contribution in [0, 0.1) is 11.3 Å². The summed E-state index contributed by atoms with van der Waals surface area (Å²) in [5, 5.41) is 21.7. The second kappa shape index (κ2) is 5.82. The van der Waals surface area contributed by atoms with Crippen LogP contribution in [0.1, 0.15) is 6.42 Å². The van der Waals surface area contributed by atoms with Crippen LogP contribution in [-0.2, 0) is 0 Å². The van der Waals surface area contributed by atoms with E-state index in [-0.39, 0.29) is 13.0 Å². The molecule has 0 heterocycles. The third-order valence-electron chi connectivity index (χ3n) is 1.78. The number of hydrogen-bond acceptors (Lipinski definition) is 3. The van der Waals surface area contributed by atoms with Crippen molar-refractivity contribution in [3.05, 3.63) is 28.2 Å². The van der Waals surface area contributed by atoms with Gasteiger partial charge in [-0.05, 0) is 18.2 Å². The Hall–Kier alpha value is -0.950. The highest BCUT2D eigenvalue weighted by atomic mass is 35.5. The summed E-state index contributed by atoms with van der Waals surface area (Å²) in [4.78, 5) is 0. The summed E-state index contributed by atoms with van der Waals surface area (Å²) in [5.74, 6) is 0. The second-order valence-electron chi connectivity index (χ2n) is 3.02. The summed E-state index contributed by atoms with van der Waals surface area (Å²) in [6.45, 7) is 0.271. The summed E-state index contributed by atoms with van der Waals surface area (Å²) in [7, 11) is 0. The van der Waals surface area contributed by atoms with Crippen molar-refractivity contribution < 1.29 is 5.11 Å². The highest BCUT2D eigenvalue weighted by molar-refractivity contribution is 6.35. The molecule has 1 unspecified atom stereocenters. The quantitative estimate of drug-likeness (QED) is 0.857. The van der Waals surface area contributed by atoms with Crippen LogP contribution in [0.4, 0.5) is 5.69 Å². The molecule has 3 nitrogen and oxygen atoms in total. The van der Waals surface area contributed by atoms with Gasteiger partial charge in [0, 0.05) is 11.6 Å². The smallest absolute Gasteiger partial charge is 0.0842 e. The van der Waals surface area contributed by atoms with E-state index >= 15 is 0 Å². The van der Waals surface area contributed by atoms with Crippen molar-refractivity contribution in [3.8, 4) is 6.07 Å². The number of halogens is 2. The van der Waals surface area contributed by atoms with Crippen LogP contribution in [0.5, 0.6) is 0 Å². The van der Waals surface area contributed by atoms with E-state index < -0.39 is 6.10 Å². The van der Waals surface area contributed by atoms with Gasteiger partial charge in [-0.2, -0.15) is 5.26 Å². The van der Waals surface area contributed by atoms with E-state index in [4.69, 9.17) is 28.5 Å². The van der Waals surface area contributed by atoms with Gasteiger partial charge in [-0.3, -0.25) is 0 Å². The van der Waals surface area contributed by atoms with Crippen LogP contribution in [0.15, 0.2) is 18.2 Å². The highest BCUT2D eigenvalue weighted by Gasteiger charge is 2.05. The van der Waals surface area contributed by atoms with Gasteiger partial charge in [0.2, 0.25) is 0 Å². The molecule has 0 spiro atoms. The first-order valence-electron chi connectivity index (χ1n) is 4.37. The Balaban J connectivity index is 2.57. The standard InChI is InChI=1S/C10H10Cl2N2O/c11-7-1-2-9(12)10(5-7)14-6-8(15)3-4-13/h1-2,5,8,14-15H,3,6H2. The molecule has 1 atom stereocenters. The Bertz CT molecular complexity index is 376. The van der Waals surface area contributed by atoms with E-state index in [0.29, 0.717) is 15.7 Å². The first kappa shape index (κ1) is 12.1. The average Bonchev–Trinajstić information content (AvgIpc) is 2.20. The fourth-order valence-electron chi connectivity index (χ4n) is 1.04. The molecule has 0 amide bonds. The van der Waals surface area contributed by atoms with E-state index in [1.54, 1.807) is 18.2 Å². The molecule has 1 aromatic rings. The lowest BCUT2D eigenvalue weighted by Gasteiger charge is -2.11. The Kier molecular flexibility index (Phi) is 4.70. The van der Waals surface area contributed by atoms with Crippen molar-refractivity contribution in [1.29, 1.82) is 5.26 Å². The minimum atomic E-state index is -0.704. The topological polar surface area (TPSA) is 56.0 Å². The van der Waals surface area contributed by atoms with Crippen LogP contribution < -0.4 is 5.32 Å². The molecule has 15 heavy (non-hydrogen) atoms. The number of benzene rings is 1.